The van der Waals surface area contributed by atoms with Crippen LogP contribution in [-0.2, 0) is 15.2 Å². The fourth-order valence-electron chi connectivity index (χ4n) is 4.57. The minimum atomic E-state index is -0.627. The van der Waals surface area contributed by atoms with Gasteiger partial charge in [-0.25, -0.2) is 14.2 Å². The summed E-state index contributed by atoms with van der Waals surface area (Å²) in [6.45, 7) is 7.48. The van der Waals surface area contributed by atoms with E-state index < -0.39 is 17.0 Å². The molecule has 2 fully saturated rings. The number of halogens is 1. The Labute approximate surface area is 215 Å². The Kier molecular flexibility index (Phi) is 8.77. The first-order chi connectivity index (χ1) is 17.2. The van der Waals surface area contributed by atoms with Crippen LogP contribution in [0, 0.1) is 11.7 Å². The highest BCUT2D eigenvalue weighted by Gasteiger charge is 2.25. The van der Waals surface area contributed by atoms with Gasteiger partial charge in [0, 0.05) is 36.6 Å². The number of nitrogens with one attached hydrogen (secondary N) is 2. The second kappa shape index (κ2) is 11.8. The van der Waals surface area contributed by atoms with E-state index in [1.165, 1.54) is 6.07 Å². The molecule has 8 nitrogen and oxygen atoms in total. The van der Waals surface area contributed by atoms with Crippen molar-refractivity contribution < 1.29 is 23.4 Å². The first-order valence-corrected chi connectivity index (χ1v) is 13.8. The number of H-pyrrole nitrogens is 1. The topological polar surface area (TPSA) is 103 Å². The second-order valence-electron chi connectivity index (χ2n) is 10.6. The van der Waals surface area contributed by atoms with Crippen molar-refractivity contribution in [2.24, 2.45) is 5.92 Å². The van der Waals surface area contributed by atoms with Gasteiger partial charge >= 0.3 is 6.09 Å². The van der Waals surface area contributed by atoms with Crippen molar-refractivity contribution in [2.75, 3.05) is 19.8 Å². The van der Waals surface area contributed by atoms with Gasteiger partial charge in [0.15, 0.2) is 0 Å². The molecule has 1 aliphatic heterocycles. The Morgan fingerprint density at radius 2 is 1.92 bits per heavy atom. The van der Waals surface area contributed by atoms with Gasteiger partial charge in [0.05, 0.1) is 17.9 Å². The number of alkyl carbamates (subject to hydrolysis) is 1. The molecule has 2 aromatic rings. The number of nitrogens with zero attached hydrogens (tertiary/aromatic N) is 1. The summed E-state index contributed by atoms with van der Waals surface area (Å²) < 4.78 is 31.3. The lowest BCUT2D eigenvalue weighted by molar-refractivity contribution is 0.0493. The highest BCUT2D eigenvalue weighted by atomic mass is 32.2. The van der Waals surface area contributed by atoms with Gasteiger partial charge in [0.1, 0.15) is 28.4 Å². The summed E-state index contributed by atoms with van der Waals surface area (Å²) in [6, 6.07) is 3.02. The number of ether oxygens (including phenoxy) is 3. The predicted octanol–water partition coefficient (Wildman–Crippen LogP) is 4.94. The molecular weight excluding hydrogens is 485 g/mol. The maximum Gasteiger partial charge on any atom is 0.407 e. The van der Waals surface area contributed by atoms with Gasteiger partial charge in [0.25, 0.3) is 5.56 Å². The van der Waals surface area contributed by atoms with E-state index >= 15 is 0 Å². The van der Waals surface area contributed by atoms with E-state index in [4.69, 9.17) is 14.2 Å². The third-order valence-corrected chi connectivity index (χ3v) is 7.84. The maximum atomic E-state index is 14.7. The van der Waals surface area contributed by atoms with Gasteiger partial charge in [-0.05, 0) is 65.2 Å². The average molecular weight is 522 g/mol. The predicted molar refractivity (Wildman–Crippen MR) is 138 cm³/mol. The van der Waals surface area contributed by atoms with E-state index in [9.17, 15) is 14.0 Å². The van der Waals surface area contributed by atoms with Crippen LogP contribution in [0.3, 0.4) is 0 Å². The van der Waals surface area contributed by atoms with Crippen LogP contribution in [0.1, 0.15) is 65.1 Å². The van der Waals surface area contributed by atoms with E-state index in [0.717, 1.165) is 51.7 Å². The van der Waals surface area contributed by atoms with Crippen molar-refractivity contribution in [2.45, 2.75) is 81.9 Å². The van der Waals surface area contributed by atoms with E-state index in [1.807, 2.05) is 20.8 Å². The standard InChI is InChI=1S/C26H36FN3O5S/c1-26(2,3)35-25(32)28-17-4-6-19(7-5-17)36-15-22-29-21-13-18(12-20(27)23(21)24(31)30-22)34-14-16-8-10-33-11-9-16/h12-13,16-17,19H,4-11,14-15H2,1-3H3,(H,28,32)(H,29,30,31)/t17-,19-. The van der Waals surface area contributed by atoms with E-state index in [1.54, 1.807) is 17.8 Å². The molecule has 1 saturated carbocycles. The zero-order valence-electron chi connectivity index (χ0n) is 21.2. The van der Waals surface area contributed by atoms with Crippen molar-refractivity contribution >= 4 is 28.8 Å². The number of amides is 1. The average Bonchev–Trinajstić information content (AvgIpc) is 2.81. The second-order valence-corrected chi connectivity index (χ2v) is 11.9. The summed E-state index contributed by atoms with van der Waals surface area (Å²) in [6.07, 6.45) is 5.11. The molecule has 0 bridgehead atoms. The normalized spacial score (nSPS) is 21.3. The molecule has 4 rings (SSSR count). The molecule has 1 aliphatic carbocycles. The first-order valence-electron chi connectivity index (χ1n) is 12.7. The Morgan fingerprint density at radius 1 is 1.19 bits per heavy atom. The molecule has 2 N–H and O–H groups in total. The molecule has 1 amide bonds. The van der Waals surface area contributed by atoms with Gasteiger partial charge in [-0.2, -0.15) is 11.8 Å². The summed E-state index contributed by atoms with van der Waals surface area (Å²) in [5, 5.41) is 3.31. The summed E-state index contributed by atoms with van der Waals surface area (Å²) in [4.78, 5) is 31.9. The van der Waals surface area contributed by atoms with Crippen LogP contribution in [0.2, 0.25) is 0 Å². The lowest BCUT2D eigenvalue weighted by Gasteiger charge is -2.29. The van der Waals surface area contributed by atoms with Crippen molar-refractivity contribution in [3.63, 3.8) is 0 Å². The minimum Gasteiger partial charge on any atom is -0.493 e. The Hall–Kier alpha value is -2.33. The van der Waals surface area contributed by atoms with Crippen LogP contribution in [0.15, 0.2) is 16.9 Å². The van der Waals surface area contributed by atoms with Crippen LogP contribution in [0.25, 0.3) is 10.9 Å². The summed E-state index contributed by atoms with van der Waals surface area (Å²) in [7, 11) is 0. The molecule has 1 aromatic carbocycles. The lowest BCUT2D eigenvalue weighted by Crippen LogP contribution is -2.41. The molecule has 0 spiro atoms. The number of benzene rings is 1. The van der Waals surface area contributed by atoms with E-state index in [-0.39, 0.29) is 17.5 Å². The molecule has 2 heterocycles. The van der Waals surface area contributed by atoms with Gasteiger partial charge < -0.3 is 24.5 Å². The number of hydrogen-bond donors (Lipinski definition) is 2. The summed E-state index contributed by atoms with van der Waals surface area (Å²) >= 11 is 1.72. The van der Waals surface area contributed by atoms with E-state index in [2.05, 4.69) is 15.3 Å². The molecule has 0 atom stereocenters. The molecule has 1 aromatic heterocycles. The monoisotopic (exact) mass is 521 g/mol. The number of thioether (sulfide) groups is 1. The third-order valence-electron chi connectivity index (χ3n) is 6.46. The van der Waals surface area contributed by atoms with Crippen LogP contribution in [0.4, 0.5) is 9.18 Å². The van der Waals surface area contributed by atoms with Crippen molar-refractivity contribution in [1.82, 2.24) is 15.3 Å². The fraction of sp³-hybridized carbons (Fsp3) is 0.654. The maximum absolute atomic E-state index is 14.7. The molecule has 0 radical (unpaired) electrons. The van der Waals surface area contributed by atoms with Crippen molar-refractivity contribution in [3.05, 3.63) is 34.1 Å². The van der Waals surface area contributed by atoms with Crippen molar-refractivity contribution in [1.29, 1.82) is 0 Å². The van der Waals surface area contributed by atoms with Crippen LogP contribution >= 0.6 is 11.8 Å². The number of rotatable bonds is 7. The number of carbonyl (C=O) groups excluding carboxylic acids is 1. The number of fused-ring (bicyclic) bond motifs is 1. The molecule has 0 unspecified atom stereocenters. The molecule has 36 heavy (non-hydrogen) atoms. The molecule has 2 aliphatic rings. The lowest BCUT2D eigenvalue weighted by atomic mass is 9.95. The number of hydrogen-bond acceptors (Lipinski definition) is 7. The Bertz CT molecular complexity index is 1110. The zero-order valence-corrected chi connectivity index (χ0v) is 22.0. The smallest absolute Gasteiger partial charge is 0.407 e. The highest BCUT2D eigenvalue weighted by molar-refractivity contribution is 7.99. The van der Waals surface area contributed by atoms with Gasteiger partial charge in [-0.1, -0.05) is 0 Å². The number of aromatic nitrogens is 2. The molecule has 10 heteroatoms. The highest BCUT2D eigenvalue weighted by Crippen LogP contribution is 2.31. The molecule has 198 valence electrons. The number of carbonyl (C=O) groups is 1. The first kappa shape index (κ1) is 26.7. The Balaban J connectivity index is 1.32. The number of aromatic amines is 1. The molecular formula is C26H36FN3O5S. The minimum absolute atomic E-state index is 0.0455. The van der Waals surface area contributed by atoms with E-state index in [0.29, 0.717) is 40.6 Å². The summed E-state index contributed by atoms with van der Waals surface area (Å²) in [5.41, 5.74) is -0.683. The SMILES string of the molecule is CC(C)(C)OC(=O)N[C@H]1CC[C@H](SCc2nc3cc(OCC4CCOCC4)cc(F)c3c(=O)[nH]2)CC1. The Morgan fingerprint density at radius 3 is 2.61 bits per heavy atom. The van der Waals surface area contributed by atoms with Crippen LogP contribution < -0.4 is 15.6 Å². The van der Waals surface area contributed by atoms with Crippen LogP contribution in [-0.4, -0.2) is 52.8 Å². The van der Waals surface area contributed by atoms with Crippen LogP contribution in [0.5, 0.6) is 5.75 Å². The van der Waals surface area contributed by atoms with Gasteiger partial charge in [0.2, 0.25) is 0 Å². The fourth-order valence-corrected chi connectivity index (χ4v) is 5.71. The molecule has 1 saturated heterocycles. The zero-order chi connectivity index (χ0) is 25.7. The third kappa shape index (κ3) is 7.59. The van der Waals surface area contributed by atoms with Gasteiger partial charge in [-0.3, -0.25) is 4.79 Å². The summed E-state index contributed by atoms with van der Waals surface area (Å²) in [5.74, 6) is 1.19. The van der Waals surface area contributed by atoms with Crippen molar-refractivity contribution in [3.8, 4) is 5.75 Å². The largest absolute Gasteiger partial charge is 0.493 e. The van der Waals surface area contributed by atoms with Gasteiger partial charge in [-0.15, -0.1) is 0 Å². The quantitative estimate of drug-likeness (QED) is 0.532.